The number of carbonyl (C=O) groups excluding carboxylic acids is 1. The van der Waals surface area contributed by atoms with Crippen LogP contribution in [0.25, 0.3) is 0 Å². The van der Waals surface area contributed by atoms with Gasteiger partial charge in [-0.2, -0.15) is 0 Å². The van der Waals surface area contributed by atoms with Crippen molar-refractivity contribution in [1.29, 1.82) is 0 Å². The maximum atomic E-state index is 10.8. The largest absolute Gasteiger partial charge is 0.490 e. The molecule has 0 atom stereocenters. The zero-order valence-electron chi connectivity index (χ0n) is 11.8. The molecule has 3 nitrogen and oxygen atoms in total. The average Bonchev–Trinajstić information content (AvgIpc) is 2.47. The first-order valence-electron chi connectivity index (χ1n) is 6.64. The Morgan fingerprint density at radius 3 is 2.55 bits per heavy atom. The summed E-state index contributed by atoms with van der Waals surface area (Å²) in [5.74, 6) is 1.26. The summed E-state index contributed by atoms with van der Waals surface area (Å²) in [7, 11) is 0. The fraction of sp³-hybridized carbons (Fsp3) is 0.235. The number of hydrogen-bond donors (Lipinski definition) is 0. The molecular formula is C17H18O3. The highest BCUT2D eigenvalue weighted by Crippen LogP contribution is 2.29. The summed E-state index contributed by atoms with van der Waals surface area (Å²) in [5, 5.41) is 0. The molecule has 0 saturated heterocycles. The molecule has 0 aliphatic heterocycles. The molecule has 0 aliphatic rings. The summed E-state index contributed by atoms with van der Waals surface area (Å²) >= 11 is 0. The molecule has 0 heterocycles. The van der Waals surface area contributed by atoms with Crippen molar-refractivity contribution >= 4 is 6.29 Å². The van der Waals surface area contributed by atoms with Crippen LogP contribution in [-0.2, 0) is 6.61 Å². The van der Waals surface area contributed by atoms with E-state index in [0.717, 1.165) is 11.8 Å². The van der Waals surface area contributed by atoms with Crippen LogP contribution in [0.3, 0.4) is 0 Å². The molecule has 0 aromatic heterocycles. The van der Waals surface area contributed by atoms with Gasteiger partial charge in [0.05, 0.1) is 6.61 Å². The summed E-state index contributed by atoms with van der Waals surface area (Å²) in [4.78, 5) is 10.8. The van der Waals surface area contributed by atoms with Gasteiger partial charge in [0.15, 0.2) is 11.5 Å². The van der Waals surface area contributed by atoms with Crippen LogP contribution in [-0.4, -0.2) is 12.9 Å². The molecule has 0 fully saturated rings. The van der Waals surface area contributed by atoms with Gasteiger partial charge in [-0.1, -0.05) is 24.3 Å². The van der Waals surface area contributed by atoms with E-state index in [1.165, 1.54) is 5.56 Å². The molecular weight excluding hydrogens is 252 g/mol. The van der Waals surface area contributed by atoms with E-state index in [-0.39, 0.29) is 0 Å². The highest BCUT2D eigenvalue weighted by atomic mass is 16.5. The zero-order chi connectivity index (χ0) is 14.4. The van der Waals surface area contributed by atoms with Crippen molar-refractivity contribution in [2.45, 2.75) is 20.5 Å². The van der Waals surface area contributed by atoms with E-state index in [9.17, 15) is 4.79 Å². The van der Waals surface area contributed by atoms with Gasteiger partial charge < -0.3 is 9.47 Å². The Balaban J connectivity index is 2.16. The standard InChI is InChI=1S/C17H18O3/c1-3-19-17-10-14(11-18)8-9-16(17)20-12-15-7-5-4-6-13(15)2/h4-11H,3,12H2,1-2H3. The van der Waals surface area contributed by atoms with Gasteiger partial charge in [0.2, 0.25) is 0 Å². The van der Waals surface area contributed by atoms with Gasteiger partial charge in [-0.3, -0.25) is 4.79 Å². The smallest absolute Gasteiger partial charge is 0.161 e. The molecule has 0 saturated carbocycles. The molecule has 2 aromatic carbocycles. The number of hydrogen-bond acceptors (Lipinski definition) is 3. The number of carbonyl (C=O) groups is 1. The van der Waals surface area contributed by atoms with Gasteiger partial charge in [0.25, 0.3) is 0 Å². The lowest BCUT2D eigenvalue weighted by atomic mass is 10.1. The maximum absolute atomic E-state index is 10.8. The van der Waals surface area contributed by atoms with Crippen LogP contribution in [0.15, 0.2) is 42.5 Å². The second-order valence-electron chi connectivity index (χ2n) is 4.47. The molecule has 0 radical (unpaired) electrons. The lowest BCUT2D eigenvalue weighted by Crippen LogP contribution is -2.01. The Morgan fingerprint density at radius 1 is 1.05 bits per heavy atom. The van der Waals surface area contributed by atoms with Crippen LogP contribution in [0.2, 0.25) is 0 Å². The van der Waals surface area contributed by atoms with Crippen LogP contribution < -0.4 is 9.47 Å². The molecule has 104 valence electrons. The predicted molar refractivity (Wildman–Crippen MR) is 78.5 cm³/mol. The third kappa shape index (κ3) is 3.38. The summed E-state index contributed by atoms with van der Waals surface area (Å²) in [6, 6.07) is 13.3. The van der Waals surface area contributed by atoms with Gasteiger partial charge in [-0.05, 0) is 43.2 Å². The van der Waals surface area contributed by atoms with E-state index in [0.29, 0.717) is 30.3 Å². The second-order valence-corrected chi connectivity index (χ2v) is 4.47. The summed E-state index contributed by atoms with van der Waals surface area (Å²) in [5.41, 5.74) is 2.90. The highest BCUT2D eigenvalue weighted by Gasteiger charge is 2.07. The minimum absolute atomic E-state index is 0.479. The highest BCUT2D eigenvalue weighted by molar-refractivity contribution is 5.76. The number of ether oxygens (including phenoxy) is 2. The number of rotatable bonds is 6. The Hall–Kier alpha value is -2.29. The Morgan fingerprint density at radius 2 is 1.85 bits per heavy atom. The average molecular weight is 270 g/mol. The SMILES string of the molecule is CCOc1cc(C=O)ccc1OCc1ccccc1C. The van der Waals surface area contributed by atoms with Gasteiger partial charge in [-0.15, -0.1) is 0 Å². The topological polar surface area (TPSA) is 35.5 Å². The van der Waals surface area contributed by atoms with Gasteiger partial charge in [-0.25, -0.2) is 0 Å². The fourth-order valence-electron chi connectivity index (χ4n) is 1.91. The van der Waals surface area contributed by atoms with Crippen LogP contribution in [0, 0.1) is 6.92 Å². The molecule has 0 bridgehead atoms. The summed E-state index contributed by atoms with van der Waals surface area (Å²) in [6.45, 7) is 4.96. The molecule has 2 rings (SSSR count). The molecule has 2 aromatic rings. The monoisotopic (exact) mass is 270 g/mol. The fourth-order valence-corrected chi connectivity index (χ4v) is 1.91. The normalized spacial score (nSPS) is 10.1. The number of aldehydes is 1. The van der Waals surface area contributed by atoms with Crippen molar-refractivity contribution in [3.8, 4) is 11.5 Å². The van der Waals surface area contributed by atoms with E-state index in [4.69, 9.17) is 9.47 Å². The summed E-state index contributed by atoms with van der Waals surface area (Å²) < 4.78 is 11.3. The van der Waals surface area contributed by atoms with Gasteiger partial charge in [0, 0.05) is 5.56 Å². The first kappa shape index (κ1) is 14.1. The number of aryl methyl sites for hydroxylation is 1. The quantitative estimate of drug-likeness (QED) is 0.749. The third-order valence-corrected chi connectivity index (χ3v) is 3.05. The maximum Gasteiger partial charge on any atom is 0.161 e. The molecule has 0 N–H and O–H groups in total. The number of benzene rings is 2. The van der Waals surface area contributed by atoms with E-state index in [1.807, 2.05) is 25.1 Å². The minimum atomic E-state index is 0.479. The van der Waals surface area contributed by atoms with E-state index in [2.05, 4.69) is 13.0 Å². The Kier molecular flexibility index (Phi) is 4.77. The van der Waals surface area contributed by atoms with E-state index in [1.54, 1.807) is 18.2 Å². The third-order valence-electron chi connectivity index (χ3n) is 3.05. The van der Waals surface area contributed by atoms with Crippen LogP contribution in [0.5, 0.6) is 11.5 Å². The molecule has 0 unspecified atom stereocenters. The van der Waals surface area contributed by atoms with Crippen molar-refractivity contribution in [2.75, 3.05) is 6.61 Å². The van der Waals surface area contributed by atoms with Crippen LogP contribution in [0.1, 0.15) is 28.4 Å². The van der Waals surface area contributed by atoms with Gasteiger partial charge >= 0.3 is 0 Å². The summed E-state index contributed by atoms with van der Waals surface area (Å²) in [6.07, 6.45) is 0.799. The Labute approximate surface area is 119 Å². The molecule has 0 amide bonds. The Bertz CT molecular complexity index is 591. The van der Waals surface area contributed by atoms with Crippen molar-refractivity contribution in [3.05, 3.63) is 59.2 Å². The molecule has 0 spiro atoms. The van der Waals surface area contributed by atoms with E-state index < -0.39 is 0 Å². The van der Waals surface area contributed by atoms with Gasteiger partial charge in [0.1, 0.15) is 12.9 Å². The van der Waals surface area contributed by atoms with Crippen LogP contribution >= 0.6 is 0 Å². The van der Waals surface area contributed by atoms with Crippen LogP contribution in [0.4, 0.5) is 0 Å². The molecule has 20 heavy (non-hydrogen) atoms. The van der Waals surface area contributed by atoms with Crippen molar-refractivity contribution in [2.24, 2.45) is 0 Å². The minimum Gasteiger partial charge on any atom is -0.490 e. The molecule has 3 heteroatoms. The van der Waals surface area contributed by atoms with Crippen molar-refractivity contribution in [3.63, 3.8) is 0 Å². The lowest BCUT2D eigenvalue weighted by Gasteiger charge is -2.13. The zero-order valence-corrected chi connectivity index (χ0v) is 11.8. The van der Waals surface area contributed by atoms with E-state index >= 15 is 0 Å². The first-order chi connectivity index (χ1) is 9.74. The van der Waals surface area contributed by atoms with Crippen molar-refractivity contribution < 1.29 is 14.3 Å². The second kappa shape index (κ2) is 6.75. The predicted octanol–water partition coefficient (Wildman–Crippen LogP) is 3.79. The van der Waals surface area contributed by atoms with Crippen molar-refractivity contribution in [1.82, 2.24) is 0 Å². The lowest BCUT2D eigenvalue weighted by molar-refractivity contribution is 0.112. The molecule has 0 aliphatic carbocycles. The first-order valence-corrected chi connectivity index (χ1v) is 6.64.